The van der Waals surface area contributed by atoms with E-state index in [1.807, 2.05) is 35.2 Å². The summed E-state index contributed by atoms with van der Waals surface area (Å²) in [6.45, 7) is 0. The van der Waals surface area contributed by atoms with Crippen molar-refractivity contribution in [3.63, 3.8) is 0 Å². The highest BCUT2D eigenvalue weighted by atomic mass is 35.5. The summed E-state index contributed by atoms with van der Waals surface area (Å²) in [7, 11) is 0. The highest BCUT2D eigenvalue weighted by molar-refractivity contribution is 6.38. The van der Waals surface area contributed by atoms with Crippen LogP contribution in [0.1, 0.15) is 27.7 Å². The number of hydrogen-bond donors (Lipinski definition) is 0. The molecule has 3 aliphatic heterocycles. The van der Waals surface area contributed by atoms with Crippen LogP contribution in [-0.4, -0.2) is 28.5 Å². The molecule has 3 aromatic rings. The molecule has 6 nitrogen and oxygen atoms in total. The SMILES string of the molecule is O=C(c1ccco1)C1C2C(=O)N(c3cc(Cl)ccc3Cl)C(=O)C2C2c3ccccc3C=CN12. The summed E-state index contributed by atoms with van der Waals surface area (Å²) in [5, 5.41) is 0.582. The van der Waals surface area contributed by atoms with Crippen molar-refractivity contribution in [1.29, 1.82) is 0 Å². The van der Waals surface area contributed by atoms with E-state index in [-0.39, 0.29) is 22.3 Å². The van der Waals surface area contributed by atoms with Gasteiger partial charge >= 0.3 is 0 Å². The number of carbonyl (C=O) groups is 3. The Morgan fingerprint density at radius 1 is 0.939 bits per heavy atom. The predicted octanol–water partition coefficient (Wildman–Crippen LogP) is 4.98. The number of ketones is 1. The second kappa shape index (κ2) is 7.33. The number of imide groups is 1. The van der Waals surface area contributed by atoms with Gasteiger partial charge in [-0.05, 0) is 47.5 Å². The van der Waals surface area contributed by atoms with Gasteiger partial charge in [-0.25, -0.2) is 4.90 Å². The smallest absolute Gasteiger partial charge is 0.240 e. The average Bonchev–Trinajstić information content (AvgIpc) is 3.52. The first-order valence-electron chi connectivity index (χ1n) is 10.4. The van der Waals surface area contributed by atoms with E-state index < -0.39 is 35.7 Å². The normalized spacial score (nSPS) is 25.3. The lowest BCUT2D eigenvalue weighted by Crippen LogP contribution is -2.44. The number of amides is 2. The van der Waals surface area contributed by atoms with Gasteiger partial charge in [0.1, 0.15) is 6.04 Å². The van der Waals surface area contributed by atoms with Crippen molar-refractivity contribution in [2.75, 3.05) is 4.90 Å². The van der Waals surface area contributed by atoms with E-state index in [0.29, 0.717) is 5.02 Å². The molecule has 0 saturated carbocycles. The Morgan fingerprint density at radius 2 is 1.73 bits per heavy atom. The molecular weight excluding hydrogens is 463 g/mol. The molecule has 6 rings (SSSR count). The predicted molar refractivity (Wildman–Crippen MR) is 123 cm³/mol. The number of benzene rings is 2. The number of anilines is 1. The Bertz CT molecular complexity index is 1350. The number of hydrogen-bond acceptors (Lipinski definition) is 5. The third kappa shape index (κ3) is 2.84. The summed E-state index contributed by atoms with van der Waals surface area (Å²) in [6, 6.07) is 14.1. The van der Waals surface area contributed by atoms with Gasteiger partial charge in [0.05, 0.1) is 34.9 Å². The van der Waals surface area contributed by atoms with Gasteiger partial charge in [0.2, 0.25) is 17.6 Å². The fraction of sp³-hybridized carbons (Fsp3) is 0.160. The van der Waals surface area contributed by atoms with Crippen LogP contribution in [0.2, 0.25) is 10.0 Å². The molecule has 4 unspecified atom stereocenters. The third-order valence-electron chi connectivity index (χ3n) is 6.64. The van der Waals surface area contributed by atoms with Crippen LogP contribution in [0.4, 0.5) is 5.69 Å². The van der Waals surface area contributed by atoms with E-state index in [2.05, 4.69) is 0 Å². The number of nitrogens with zero attached hydrogens (tertiary/aromatic N) is 2. The molecule has 0 N–H and O–H groups in total. The van der Waals surface area contributed by atoms with Crippen LogP contribution in [0.25, 0.3) is 6.08 Å². The second-order valence-electron chi connectivity index (χ2n) is 8.28. The number of halogens is 2. The lowest BCUT2D eigenvalue weighted by Gasteiger charge is -2.35. The van der Waals surface area contributed by atoms with E-state index in [4.69, 9.17) is 27.6 Å². The topological polar surface area (TPSA) is 70.8 Å². The van der Waals surface area contributed by atoms with Crippen molar-refractivity contribution in [2.45, 2.75) is 12.1 Å². The molecule has 1 aromatic heterocycles. The molecule has 2 saturated heterocycles. The van der Waals surface area contributed by atoms with Gasteiger partial charge in [-0.15, -0.1) is 0 Å². The molecule has 4 heterocycles. The molecule has 33 heavy (non-hydrogen) atoms. The minimum Gasteiger partial charge on any atom is -0.461 e. The minimum atomic E-state index is -0.897. The van der Waals surface area contributed by atoms with Crippen molar-refractivity contribution in [2.24, 2.45) is 11.8 Å². The molecule has 0 spiro atoms. The Kier molecular flexibility index (Phi) is 4.50. The number of Topliss-reactive ketones (excluding diaryl/α,β-unsaturated/α-hetero) is 1. The van der Waals surface area contributed by atoms with Gasteiger partial charge in [-0.1, -0.05) is 47.5 Å². The standard InChI is InChI=1S/C25H16Cl2N2O4/c26-14-7-8-16(27)17(12-14)29-24(31)19-20(25(29)32)22(23(30)18-6-3-11-33-18)28-10-9-13-4-1-2-5-15(13)21(19)28/h1-12,19-22H. The van der Waals surface area contributed by atoms with Gasteiger partial charge in [-0.3, -0.25) is 14.4 Å². The molecule has 0 bridgehead atoms. The van der Waals surface area contributed by atoms with Gasteiger partial charge in [0, 0.05) is 11.2 Å². The first-order valence-corrected chi connectivity index (χ1v) is 11.2. The highest BCUT2D eigenvalue weighted by Crippen LogP contribution is 2.54. The van der Waals surface area contributed by atoms with Gasteiger partial charge in [0.15, 0.2) is 5.76 Å². The Balaban J connectivity index is 1.52. The largest absolute Gasteiger partial charge is 0.461 e. The first kappa shape index (κ1) is 20.3. The van der Waals surface area contributed by atoms with Crippen molar-refractivity contribution in [3.8, 4) is 0 Å². The Morgan fingerprint density at radius 3 is 2.52 bits per heavy atom. The van der Waals surface area contributed by atoms with E-state index in [1.165, 1.54) is 12.3 Å². The minimum absolute atomic E-state index is 0.145. The molecule has 0 aliphatic carbocycles. The molecule has 2 aromatic carbocycles. The summed E-state index contributed by atoms with van der Waals surface area (Å²) in [4.78, 5) is 44.0. The zero-order valence-corrected chi connectivity index (χ0v) is 18.5. The van der Waals surface area contributed by atoms with E-state index in [1.54, 1.807) is 30.5 Å². The molecule has 3 aliphatic rings. The average molecular weight is 479 g/mol. The maximum atomic E-state index is 13.8. The molecule has 0 radical (unpaired) electrons. The summed E-state index contributed by atoms with van der Waals surface area (Å²) in [5.74, 6) is -2.73. The lowest BCUT2D eigenvalue weighted by atomic mass is 9.84. The number of furan rings is 1. The monoisotopic (exact) mass is 478 g/mol. The zero-order chi connectivity index (χ0) is 22.9. The Labute approximate surface area is 199 Å². The van der Waals surface area contributed by atoms with Crippen LogP contribution in [0.5, 0.6) is 0 Å². The number of fused-ring (bicyclic) bond motifs is 5. The zero-order valence-electron chi connectivity index (χ0n) is 17.0. The van der Waals surface area contributed by atoms with Crippen molar-refractivity contribution in [1.82, 2.24) is 4.90 Å². The molecular formula is C25H16Cl2N2O4. The van der Waals surface area contributed by atoms with Crippen LogP contribution in [-0.2, 0) is 9.59 Å². The summed E-state index contributed by atoms with van der Waals surface area (Å²) >= 11 is 12.5. The van der Waals surface area contributed by atoms with Crippen molar-refractivity contribution < 1.29 is 18.8 Å². The molecule has 2 amide bonds. The van der Waals surface area contributed by atoms with Crippen LogP contribution >= 0.6 is 23.2 Å². The van der Waals surface area contributed by atoms with Crippen LogP contribution in [0, 0.1) is 11.8 Å². The Hall–Kier alpha value is -3.35. The quantitative estimate of drug-likeness (QED) is 0.391. The number of carbonyl (C=O) groups excluding carboxylic acids is 3. The first-order chi connectivity index (χ1) is 16.0. The fourth-order valence-electron chi connectivity index (χ4n) is 5.32. The van der Waals surface area contributed by atoms with E-state index >= 15 is 0 Å². The van der Waals surface area contributed by atoms with Crippen LogP contribution in [0.3, 0.4) is 0 Å². The fourth-order valence-corrected chi connectivity index (χ4v) is 5.68. The van der Waals surface area contributed by atoms with Crippen molar-refractivity contribution >= 4 is 52.6 Å². The maximum absolute atomic E-state index is 13.8. The molecule has 8 heteroatoms. The maximum Gasteiger partial charge on any atom is 0.240 e. The third-order valence-corrected chi connectivity index (χ3v) is 7.20. The van der Waals surface area contributed by atoms with E-state index in [9.17, 15) is 14.4 Å². The second-order valence-corrected chi connectivity index (χ2v) is 9.13. The number of rotatable bonds is 3. The van der Waals surface area contributed by atoms with Crippen LogP contribution in [0.15, 0.2) is 71.5 Å². The van der Waals surface area contributed by atoms with Gasteiger partial charge in [-0.2, -0.15) is 0 Å². The van der Waals surface area contributed by atoms with Crippen LogP contribution < -0.4 is 4.90 Å². The van der Waals surface area contributed by atoms with Gasteiger partial charge < -0.3 is 9.32 Å². The molecule has 164 valence electrons. The molecule has 4 atom stereocenters. The highest BCUT2D eigenvalue weighted by Gasteiger charge is 2.65. The van der Waals surface area contributed by atoms with Crippen molar-refractivity contribution in [3.05, 3.63) is 94.0 Å². The van der Waals surface area contributed by atoms with E-state index in [0.717, 1.165) is 16.0 Å². The van der Waals surface area contributed by atoms with Gasteiger partial charge in [0.25, 0.3) is 0 Å². The summed E-state index contributed by atoms with van der Waals surface area (Å²) < 4.78 is 5.37. The summed E-state index contributed by atoms with van der Waals surface area (Å²) in [5.41, 5.74) is 2.07. The molecule has 2 fully saturated rings. The summed E-state index contributed by atoms with van der Waals surface area (Å²) in [6.07, 6.45) is 5.11. The lowest BCUT2D eigenvalue weighted by molar-refractivity contribution is -0.123.